The third kappa shape index (κ3) is 5.93. The van der Waals surface area contributed by atoms with Crippen molar-refractivity contribution in [2.75, 3.05) is 0 Å². The van der Waals surface area contributed by atoms with Crippen LogP contribution in [0.1, 0.15) is 75.5 Å². The maximum atomic E-state index is 12.5. The second-order valence-corrected chi connectivity index (χ2v) is 7.57. The molecule has 1 aromatic rings. The van der Waals surface area contributed by atoms with Crippen molar-refractivity contribution in [3.63, 3.8) is 0 Å². The molecule has 0 radical (unpaired) electrons. The lowest BCUT2D eigenvalue weighted by Crippen LogP contribution is -2.24. The SMILES string of the molecule is Cc1nccc(OC(=O)C2CCCCC2)c1COC(=O)C1CCCCC1.Cl. The molecule has 0 unspecified atom stereocenters. The van der Waals surface area contributed by atoms with Crippen LogP contribution < -0.4 is 4.74 Å². The highest BCUT2D eigenvalue weighted by Gasteiger charge is 2.26. The average Bonchev–Trinajstić information content (AvgIpc) is 2.68. The Morgan fingerprint density at radius 1 is 0.963 bits per heavy atom. The van der Waals surface area contributed by atoms with Crippen molar-refractivity contribution in [2.24, 2.45) is 11.8 Å². The Bertz CT molecular complexity index is 637. The van der Waals surface area contributed by atoms with Crippen molar-refractivity contribution in [3.05, 3.63) is 23.5 Å². The van der Waals surface area contributed by atoms with Gasteiger partial charge in [-0.2, -0.15) is 0 Å². The van der Waals surface area contributed by atoms with Gasteiger partial charge >= 0.3 is 11.9 Å². The summed E-state index contributed by atoms with van der Waals surface area (Å²) in [6.07, 6.45) is 12.0. The normalized spacial score (nSPS) is 18.4. The topological polar surface area (TPSA) is 65.5 Å². The molecule has 6 heteroatoms. The van der Waals surface area contributed by atoms with Crippen molar-refractivity contribution >= 4 is 24.3 Å². The molecule has 0 atom stereocenters. The van der Waals surface area contributed by atoms with Gasteiger partial charge in [0.05, 0.1) is 17.4 Å². The number of carbonyl (C=O) groups excluding carboxylic acids is 2. The summed E-state index contributed by atoms with van der Waals surface area (Å²) in [4.78, 5) is 29.0. The van der Waals surface area contributed by atoms with E-state index in [-0.39, 0.29) is 42.8 Å². The number of ether oxygens (including phenoxy) is 2. The molecule has 2 fully saturated rings. The van der Waals surface area contributed by atoms with Crippen LogP contribution in [0.5, 0.6) is 5.75 Å². The van der Waals surface area contributed by atoms with Crippen molar-refractivity contribution in [1.82, 2.24) is 4.98 Å². The number of halogens is 1. The molecule has 2 aliphatic carbocycles. The molecular weight excluding hydrogens is 366 g/mol. The zero-order valence-electron chi connectivity index (χ0n) is 16.1. The number of nitrogens with zero attached hydrogens (tertiary/aromatic N) is 1. The van der Waals surface area contributed by atoms with Crippen LogP contribution in [0.4, 0.5) is 0 Å². The molecule has 2 aliphatic rings. The molecule has 150 valence electrons. The van der Waals surface area contributed by atoms with Gasteiger partial charge in [-0.15, -0.1) is 12.4 Å². The number of pyridine rings is 1. The summed E-state index contributed by atoms with van der Waals surface area (Å²) in [6.45, 7) is 1.96. The van der Waals surface area contributed by atoms with Gasteiger partial charge in [0, 0.05) is 11.9 Å². The smallest absolute Gasteiger partial charge is 0.314 e. The summed E-state index contributed by atoms with van der Waals surface area (Å²) >= 11 is 0. The molecule has 1 aromatic heterocycles. The fourth-order valence-electron chi connectivity index (χ4n) is 3.97. The van der Waals surface area contributed by atoms with Gasteiger partial charge in [-0.05, 0) is 38.7 Å². The predicted octanol–water partition coefficient (Wildman–Crippen LogP) is 4.92. The molecule has 0 bridgehead atoms. The summed E-state index contributed by atoms with van der Waals surface area (Å²) in [6, 6.07) is 1.69. The third-order valence-electron chi connectivity index (χ3n) is 5.67. The van der Waals surface area contributed by atoms with E-state index in [1.54, 1.807) is 12.3 Å². The largest absolute Gasteiger partial charge is 0.460 e. The Morgan fingerprint density at radius 3 is 2.11 bits per heavy atom. The van der Waals surface area contributed by atoms with Gasteiger partial charge in [0.25, 0.3) is 0 Å². The van der Waals surface area contributed by atoms with E-state index < -0.39 is 0 Å². The van der Waals surface area contributed by atoms with Gasteiger partial charge in [-0.3, -0.25) is 14.6 Å². The van der Waals surface area contributed by atoms with Gasteiger partial charge in [0.15, 0.2) is 0 Å². The van der Waals surface area contributed by atoms with Crippen LogP contribution in [0.2, 0.25) is 0 Å². The first-order valence-corrected chi connectivity index (χ1v) is 9.98. The monoisotopic (exact) mass is 395 g/mol. The van der Waals surface area contributed by atoms with Crippen molar-refractivity contribution in [2.45, 2.75) is 77.7 Å². The first-order chi connectivity index (χ1) is 12.6. The van der Waals surface area contributed by atoms with Gasteiger partial charge < -0.3 is 9.47 Å². The van der Waals surface area contributed by atoms with Crippen molar-refractivity contribution < 1.29 is 19.1 Å². The summed E-state index contributed by atoms with van der Waals surface area (Å²) in [5, 5.41) is 0. The first kappa shape index (κ1) is 21.7. The van der Waals surface area contributed by atoms with Crippen LogP contribution in [0.3, 0.4) is 0 Å². The quantitative estimate of drug-likeness (QED) is 0.662. The summed E-state index contributed by atoms with van der Waals surface area (Å²) in [7, 11) is 0. The highest BCUT2D eigenvalue weighted by Crippen LogP contribution is 2.29. The molecule has 0 saturated heterocycles. The molecule has 0 aromatic carbocycles. The van der Waals surface area contributed by atoms with E-state index >= 15 is 0 Å². The maximum absolute atomic E-state index is 12.5. The Labute approximate surface area is 167 Å². The molecule has 2 saturated carbocycles. The van der Waals surface area contributed by atoms with Crippen LogP contribution in [-0.2, 0) is 20.9 Å². The Balaban J connectivity index is 0.00000261. The Morgan fingerprint density at radius 2 is 1.52 bits per heavy atom. The number of aromatic nitrogens is 1. The lowest BCUT2D eigenvalue weighted by molar-refractivity contribution is -0.151. The molecule has 1 heterocycles. The number of hydrogen-bond donors (Lipinski definition) is 0. The number of aryl methyl sites for hydroxylation is 1. The molecule has 3 rings (SSSR count). The minimum atomic E-state index is -0.171. The number of carbonyl (C=O) groups is 2. The minimum absolute atomic E-state index is 0. The number of hydrogen-bond acceptors (Lipinski definition) is 5. The summed E-state index contributed by atoms with van der Waals surface area (Å²) in [5.41, 5.74) is 1.43. The summed E-state index contributed by atoms with van der Waals surface area (Å²) < 4.78 is 11.2. The minimum Gasteiger partial charge on any atom is -0.460 e. The van der Waals surface area contributed by atoms with E-state index in [2.05, 4.69) is 4.98 Å². The second-order valence-electron chi connectivity index (χ2n) is 7.57. The third-order valence-corrected chi connectivity index (χ3v) is 5.67. The summed E-state index contributed by atoms with van der Waals surface area (Å²) in [5.74, 6) is 0.154. The van der Waals surface area contributed by atoms with Crippen LogP contribution in [-0.4, -0.2) is 16.9 Å². The molecule has 27 heavy (non-hydrogen) atoms. The molecular formula is C21H30ClNO4. The Kier molecular flexibility index (Phi) is 8.55. The molecule has 0 aliphatic heterocycles. The second kappa shape index (κ2) is 10.6. The van der Waals surface area contributed by atoms with E-state index in [9.17, 15) is 9.59 Å². The van der Waals surface area contributed by atoms with E-state index in [0.29, 0.717) is 11.3 Å². The van der Waals surface area contributed by atoms with Crippen molar-refractivity contribution in [3.8, 4) is 5.75 Å². The Hall–Kier alpha value is -1.62. The lowest BCUT2D eigenvalue weighted by atomic mass is 9.89. The van der Waals surface area contributed by atoms with Crippen LogP contribution >= 0.6 is 12.4 Å². The molecule has 0 N–H and O–H groups in total. The van der Waals surface area contributed by atoms with E-state index in [4.69, 9.17) is 9.47 Å². The van der Waals surface area contributed by atoms with Crippen molar-refractivity contribution in [1.29, 1.82) is 0 Å². The first-order valence-electron chi connectivity index (χ1n) is 9.98. The molecule has 5 nitrogen and oxygen atoms in total. The molecule has 0 spiro atoms. The van der Waals surface area contributed by atoms with Gasteiger partial charge in [0.2, 0.25) is 0 Å². The van der Waals surface area contributed by atoms with Crippen LogP contribution in [0, 0.1) is 18.8 Å². The average molecular weight is 396 g/mol. The van der Waals surface area contributed by atoms with Crippen LogP contribution in [0.15, 0.2) is 12.3 Å². The van der Waals surface area contributed by atoms with Gasteiger partial charge in [0.1, 0.15) is 12.4 Å². The lowest BCUT2D eigenvalue weighted by Gasteiger charge is -2.22. The highest BCUT2D eigenvalue weighted by atomic mass is 35.5. The standard InChI is InChI=1S/C21H29NO4.ClH/c1-15-18(14-25-20(23)16-8-4-2-5-9-16)19(12-13-22-15)26-21(24)17-10-6-3-7-11-17;/h12-13,16-17H,2-11,14H2,1H3;1H. The van der Waals surface area contributed by atoms with Gasteiger partial charge in [-0.25, -0.2) is 0 Å². The molecule has 0 amide bonds. The van der Waals surface area contributed by atoms with E-state index in [1.807, 2.05) is 6.92 Å². The van der Waals surface area contributed by atoms with Gasteiger partial charge in [-0.1, -0.05) is 38.5 Å². The predicted molar refractivity (Wildman–Crippen MR) is 105 cm³/mol. The fraction of sp³-hybridized carbons (Fsp3) is 0.667. The van der Waals surface area contributed by atoms with Crippen LogP contribution in [0.25, 0.3) is 0 Å². The maximum Gasteiger partial charge on any atom is 0.314 e. The zero-order chi connectivity index (χ0) is 18.4. The number of esters is 2. The highest BCUT2D eigenvalue weighted by molar-refractivity contribution is 5.85. The zero-order valence-corrected chi connectivity index (χ0v) is 16.9. The van der Waals surface area contributed by atoms with E-state index in [1.165, 1.54) is 12.8 Å². The number of rotatable bonds is 5. The van der Waals surface area contributed by atoms with E-state index in [0.717, 1.165) is 57.1 Å². The fourth-order valence-corrected chi connectivity index (χ4v) is 3.97.